The molecule has 4 N–H and O–H groups in total. The van der Waals surface area contributed by atoms with Crippen LogP contribution < -0.4 is 16.0 Å². The monoisotopic (exact) mass is 344 g/mol. The molecular weight excluding hydrogens is 336 g/mol. The number of nitrogens with two attached hydrogens (primary N) is 1. The maximum atomic E-state index is 12.1. The van der Waals surface area contributed by atoms with Crippen molar-refractivity contribution in [2.45, 2.75) is 4.90 Å². The second kappa shape index (κ2) is 5.47. The normalized spacial score (nSPS) is 11.1. The first kappa shape index (κ1) is 13.6. The molecule has 0 bridgehead atoms. The first-order valence-corrected chi connectivity index (χ1v) is 7.22. The van der Waals surface area contributed by atoms with Gasteiger partial charge in [0.2, 0.25) is 0 Å². The predicted octanol–water partition coefficient (Wildman–Crippen LogP) is 0.720. The number of halogens is 1. The number of aromatic nitrogens is 3. The van der Waals surface area contributed by atoms with Crippen molar-refractivity contribution >= 4 is 37.6 Å². The molecule has 0 unspecified atom stereocenters. The van der Waals surface area contributed by atoms with E-state index in [2.05, 4.69) is 41.0 Å². The number of rotatable bonds is 4. The number of hydrogen-bond donors (Lipinski definition) is 3. The van der Waals surface area contributed by atoms with E-state index in [1.165, 1.54) is 30.7 Å². The number of nitrogen functional groups attached to an aromatic ring is 1. The third-order valence-corrected chi connectivity index (χ3v) is 3.85. The zero-order valence-electron chi connectivity index (χ0n) is 9.41. The third-order valence-electron chi connectivity index (χ3n) is 2.06. The summed E-state index contributed by atoms with van der Waals surface area (Å²) in [7, 11) is -3.84. The van der Waals surface area contributed by atoms with Crippen molar-refractivity contribution in [3.8, 4) is 0 Å². The van der Waals surface area contributed by atoms with Gasteiger partial charge < -0.3 is 5.43 Å². The Kier molecular flexibility index (Phi) is 3.93. The van der Waals surface area contributed by atoms with E-state index in [0.29, 0.717) is 4.60 Å². The van der Waals surface area contributed by atoms with Gasteiger partial charge in [0.15, 0.2) is 11.6 Å². The van der Waals surface area contributed by atoms with Crippen LogP contribution >= 0.6 is 15.9 Å². The molecule has 0 saturated carbocycles. The molecule has 8 nitrogen and oxygen atoms in total. The van der Waals surface area contributed by atoms with E-state index in [9.17, 15) is 8.42 Å². The van der Waals surface area contributed by atoms with Crippen LogP contribution in [0.1, 0.15) is 0 Å². The molecule has 0 saturated heterocycles. The van der Waals surface area contributed by atoms with Crippen molar-refractivity contribution in [2.24, 2.45) is 5.84 Å². The van der Waals surface area contributed by atoms with Crippen LogP contribution in [0, 0.1) is 0 Å². The Morgan fingerprint density at radius 1 is 1.21 bits per heavy atom. The predicted molar refractivity (Wildman–Crippen MR) is 72.6 cm³/mol. The Morgan fingerprint density at radius 3 is 2.63 bits per heavy atom. The molecule has 0 aliphatic rings. The van der Waals surface area contributed by atoms with Gasteiger partial charge in [-0.15, -0.1) is 0 Å². The lowest BCUT2D eigenvalue weighted by atomic mass is 10.5. The van der Waals surface area contributed by atoms with E-state index in [4.69, 9.17) is 5.84 Å². The molecule has 0 aliphatic carbocycles. The van der Waals surface area contributed by atoms with E-state index in [-0.39, 0.29) is 16.5 Å². The van der Waals surface area contributed by atoms with E-state index in [1.54, 1.807) is 0 Å². The van der Waals surface area contributed by atoms with E-state index >= 15 is 0 Å². The van der Waals surface area contributed by atoms with Gasteiger partial charge in [-0.25, -0.2) is 29.2 Å². The molecule has 2 aromatic heterocycles. The largest absolute Gasteiger partial charge is 0.307 e. The lowest BCUT2D eigenvalue weighted by Gasteiger charge is -2.09. The fraction of sp³-hybridized carbons (Fsp3) is 0. The summed E-state index contributed by atoms with van der Waals surface area (Å²) in [6, 6.07) is 2.86. The molecule has 0 amide bonds. The van der Waals surface area contributed by atoms with Crippen LogP contribution in [0.5, 0.6) is 0 Å². The highest BCUT2D eigenvalue weighted by Gasteiger charge is 2.19. The lowest BCUT2D eigenvalue weighted by molar-refractivity contribution is 0.601. The van der Waals surface area contributed by atoms with Gasteiger partial charge in [0.25, 0.3) is 10.0 Å². The highest BCUT2D eigenvalue weighted by Crippen LogP contribution is 2.19. The Labute approximate surface area is 117 Å². The number of sulfonamides is 1. The van der Waals surface area contributed by atoms with Crippen molar-refractivity contribution in [3.05, 3.63) is 35.3 Å². The smallest absolute Gasteiger partial charge is 0.266 e. The SMILES string of the molecule is NNc1ncccc1S(=O)(=O)Nc1cnc(Br)cn1. The van der Waals surface area contributed by atoms with Crippen LogP contribution in [0.3, 0.4) is 0 Å². The number of nitrogens with zero attached hydrogens (tertiary/aromatic N) is 3. The summed E-state index contributed by atoms with van der Waals surface area (Å²) in [5, 5.41) is 0. The number of hydrazine groups is 1. The summed E-state index contributed by atoms with van der Waals surface area (Å²) in [5.41, 5.74) is 2.22. The van der Waals surface area contributed by atoms with Gasteiger partial charge in [0.05, 0.1) is 12.4 Å². The molecule has 0 spiro atoms. The topological polar surface area (TPSA) is 123 Å². The molecule has 2 aromatic rings. The van der Waals surface area contributed by atoms with Crippen molar-refractivity contribution in [1.29, 1.82) is 0 Å². The summed E-state index contributed by atoms with van der Waals surface area (Å²) in [6.07, 6.45) is 4.09. The van der Waals surface area contributed by atoms with Gasteiger partial charge in [-0.3, -0.25) is 4.72 Å². The van der Waals surface area contributed by atoms with Crippen LogP contribution in [0.2, 0.25) is 0 Å². The van der Waals surface area contributed by atoms with Gasteiger partial charge in [-0.05, 0) is 28.1 Å². The van der Waals surface area contributed by atoms with Crippen molar-refractivity contribution in [2.75, 3.05) is 10.1 Å². The van der Waals surface area contributed by atoms with Crippen LogP contribution in [0.25, 0.3) is 0 Å². The highest BCUT2D eigenvalue weighted by molar-refractivity contribution is 9.10. The van der Waals surface area contributed by atoms with Gasteiger partial charge in [-0.1, -0.05) is 0 Å². The number of pyridine rings is 1. The Bertz CT molecular complexity index is 675. The summed E-state index contributed by atoms with van der Waals surface area (Å²) in [5.74, 6) is 5.36. The summed E-state index contributed by atoms with van der Waals surface area (Å²) in [6.45, 7) is 0. The molecule has 2 heterocycles. The van der Waals surface area contributed by atoms with Gasteiger partial charge in [0.1, 0.15) is 9.50 Å². The molecule has 19 heavy (non-hydrogen) atoms. The van der Waals surface area contributed by atoms with Crippen molar-refractivity contribution in [1.82, 2.24) is 15.0 Å². The third kappa shape index (κ3) is 3.16. The van der Waals surface area contributed by atoms with Crippen LogP contribution in [-0.4, -0.2) is 23.4 Å². The molecule has 0 aromatic carbocycles. The van der Waals surface area contributed by atoms with Crippen molar-refractivity contribution in [3.63, 3.8) is 0 Å². The summed E-state index contributed by atoms with van der Waals surface area (Å²) >= 11 is 3.11. The minimum atomic E-state index is -3.84. The first-order valence-electron chi connectivity index (χ1n) is 4.95. The minimum Gasteiger partial charge on any atom is -0.307 e. The maximum absolute atomic E-state index is 12.1. The molecule has 0 atom stereocenters. The molecule has 2 rings (SSSR count). The Morgan fingerprint density at radius 2 is 2.00 bits per heavy atom. The van der Waals surface area contributed by atoms with E-state index in [1.807, 2.05) is 0 Å². The van der Waals surface area contributed by atoms with E-state index < -0.39 is 10.0 Å². The zero-order chi connectivity index (χ0) is 13.9. The summed E-state index contributed by atoms with van der Waals surface area (Å²) < 4.78 is 27.1. The minimum absolute atomic E-state index is 0.0417. The second-order valence-electron chi connectivity index (χ2n) is 3.32. The average Bonchev–Trinajstić information content (AvgIpc) is 2.41. The number of anilines is 2. The molecule has 0 radical (unpaired) electrons. The van der Waals surface area contributed by atoms with Crippen LogP contribution in [0.4, 0.5) is 11.6 Å². The van der Waals surface area contributed by atoms with Crippen molar-refractivity contribution < 1.29 is 8.42 Å². The Hall–Kier alpha value is -1.78. The second-order valence-corrected chi connectivity index (χ2v) is 5.79. The zero-order valence-corrected chi connectivity index (χ0v) is 11.8. The van der Waals surface area contributed by atoms with Gasteiger partial charge >= 0.3 is 0 Å². The summed E-state index contributed by atoms with van der Waals surface area (Å²) in [4.78, 5) is 11.5. The lowest BCUT2D eigenvalue weighted by Crippen LogP contribution is -2.19. The average molecular weight is 345 g/mol. The van der Waals surface area contributed by atoms with E-state index in [0.717, 1.165) is 0 Å². The molecule has 0 fully saturated rings. The first-order chi connectivity index (χ1) is 9.03. The van der Waals surface area contributed by atoms with Crippen LogP contribution in [0.15, 0.2) is 40.2 Å². The molecule has 10 heteroatoms. The molecular formula is C9H9BrN6O2S. The van der Waals surface area contributed by atoms with Gasteiger partial charge in [0, 0.05) is 6.20 Å². The fourth-order valence-corrected chi connectivity index (χ4v) is 2.59. The molecule has 100 valence electrons. The van der Waals surface area contributed by atoms with Crippen LogP contribution in [-0.2, 0) is 10.0 Å². The highest BCUT2D eigenvalue weighted by atomic mass is 79.9. The Balaban J connectivity index is 2.35. The van der Waals surface area contributed by atoms with Gasteiger partial charge in [-0.2, -0.15) is 0 Å². The fourth-order valence-electron chi connectivity index (χ4n) is 1.27. The standard InChI is InChI=1S/C9H9BrN6O2S/c10-7-4-14-8(5-13-7)16-19(17,18)6-2-1-3-12-9(6)15-11/h1-5H,11H2,(H,12,15)(H,14,16). The maximum Gasteiger partial charge on any atom is 0.266 e. The molecule has 0 aliphatic heterocycles. The quantitative estimate of drug-likeness (QED) is 0.551. The number of hydrogen-bond acceptors (Lipinski definition) is 7. The number of nitrogens with one attached hydrogen (secondary N) is 2.